The van der Waals surface area contributed by atoms with Gasteiger partial charge in [-0.15, -0.1) is 0 Å². The van der Waals surface area contributed by atoms with Crippen LogP contribution in [-0.2, 0) is 4.79 Å². The van der Waals surface area contributed by atoms with Gasteiger partial charge in [-0.05, 0) is 41.7 Å². The van der Waals surface area contributed by atoms with Crippen LogP contribution in [0.2, 0.25) is 0 Å². The first-order valence-electron chi connectivity index (χ1n) is 11.0. The van der Waals surface area contributed by atoms with Crippen LogP contribution in [-0.4, -0.2) is 29.7 Å². The molecule has 2 heterocycles. The van der Waals surface area contributed by atoms with Crippen molar-refractivity contribution in [3.05, 3.63) is 87.3 Å². The molecule has 3 aromatic rings. The lowest BCUT2D eigenvalue weighted by atomic mass is 9.69. The van der Waals surface area contributed by atoms with Crippen molar-refractivity contribution in [3.8, 4) is 5.69 Å². The molecule has 1 aromatic heterocycles. The van der Waals surface area contributed by atoms with Gasteiger partial charge >= 0.3 is 0 Å². The predicted molar refractivity (Wildman–Crippen MR) is 128 cm³/mol. The Morgan fingerprint density at radius 1 is 0.969 bits per heavy atom. The topological polar surface area (TPSA) is 70.1 Å². The Bertz CT molecular complexity index is 1280. The van der Waals surface area contributed by atoms with Gasteiger partial charge < -0.3 is 10.2 Å². The lowest BCUT2D eigenvalue weighted by Gasteiger charge is -2.37. The Labute approximate surface area is 187 Å². The lowest BCUT2D eigenvalue weighted by molar-refractivity contribution is -0.118. The number of hydrogen-bond acceptors (Lipinski definition) is 4. The molecule has 1 atom stereocenters. The first-order valence-corrected chi connectivity index (χ1v) is 11.0. The van der Waals surface area contributed by atoms with E-state index < -0.39 is 5.92 Å². The number of carbonyl (C=O) groups is 1. The molecule has 0 bridgehead atoms. The molecule has 0 fully saturated rings. The van der Waals surface area contributed by atoms with Crippen molar-refractivity contribution in [1.29, 1.82) is 0 Å². The molecule has 32 heavy (non-hydrogen) atoms. The van der Waals surface area contributed by atoms with E-state index in [1.807, 2.05) is 73.6 Å². The number of aromatic nitrogens is 2. The van der Waals surface area contributed by atoms with Crippen LogP contribution in [0.4, 0.5) is 11.5 Å². The Hall–Kier alpha value is -3.54. The van der Waals surface area contributed by atoms with Crippen molar-refractivity contribution in [2.75, 3.05) is 24.3 Å². The number of hydrogen-bond donors (Lipinski definition) is 2. The van der Waals surface area contributed by atoms with Crippen molar-refractivity contribution in [1.82, 2.24) is 9.78 Å². The van der Waals surface area contributed by atoms with Gasteiger partial charge in [-0.3, -0.25) is 14.7 Å². The van der Waals surface area contributed by atoms with E-state index in [2.05, 4.69) is 24.3 Å². The minimum absolute atomic E-state index is 0.114. The number of carbonyl (C=O) groups excluding carboxylic acids is 1. The van der Waals surface area contributed by atoms with Crippen LogP contribution in [0.5, 0.6) is 0 Å². The zero-order valence-electron chi connectivity index (χ0n) is 18.9. The SMILES string of the molecule is CN(C)c1ccc(C2C3=C(CC(C)(C)CC3=O)Nc3[nH]n(-c4ccccc4)c(=O)c32)cc1. The molecular formula is C26H28N4O2. The number of anilines is 2. The second kappa shape index (κ2) is 7.26. The third-order valence-electron chi connectivity index (χ3n) is 6.46. The van der Waals surface area contributed by atoms with Gasteiger partial charge in [-0.1, -0.05) is 44.2 Å². The fourth-order valence-electron chi connectivity index (χ4n) is 4.95. The first kappa shape index (κ1) is 20.4. The van der Waals surface area contributed by atoms with Crippen molar-refractivity contribution in [2.24, 2.45) is 5.41 Å². The third kappa shape index (κ3) is 3.27. The average Bonchev–Trinajstić information content (AvgIpc) is 3.08. The molecule has 2 aromatic carbocycles. The summed E-state index contributed by atoms with van der Waals surface area (Å²) >= 11 is 0. The largest absolute Gasteiger partial charge is 0.378 e. The van der Waals surface area contributed by atoms with E-state index >= 15 is 0 Å². The van der Waals surface area contributed by atoms with Crippen LogP contribution >= 0.6 is 0 Å². The summed E-state index contributed by atoms with van der Waals surface area (Å²) in [6.45, 7) is 4.23. The average molecular weight is 429 g/mol. The molecule has 5 rings (SSSR count). The first-order chi connectivity index (χ1) is 15.2. The van der Waals surface area contributed by atoms with E-state index in [1.54, 1.807) is 4.68 Å². The van der Waals surface area contributed by atoms with Crippen LogP contribution < -0.4 is 15.8 Å². The van der Waals surface area contributed by atoms with E-state index in [-0.39, 0.29) is 16.8 Å². The van der Waals surface area contributed by atoms with Crippen molar-refractivity contribution in [2.45, 2.75) is 32.6 Å². The van der Waals surface area contributed by atoms with Gasteiger partial charge in [0.2, 0.25) is 0 Å². The number of benzene rings is 2. The van der Waals surface area contributed by atoms with Gasteiger partial charge in [0.05, 0.1) is 11.3 Å². The highest BCUT2D eigenvalue weighted by atomic mass is 16.1. The summed E-state index contributed by atoms with van der Waals surface area (Å²) in [5.74, 6) is 0.391. The lowest BCUT2D eigenvalue weighted by Crippen LogP contribution is -2.35. The molecule has 1 aliphatic heterocycles. The predicted octanol–water partition coefficient (Wildman–Crippen LogP) is 4.43. The van der Waals surface area contributed by atoms with Crippen LogP contribution in [0.25, 0.3) is 5.69 Å². The Balaban J connectivity index is 1.72. The summed E-state index contributed by atoms with van der Waals surface area (Å²) < 4.78 is 1.56. The van der Waals surface area contributed by atoms with E-state index in [4.69, 9.17) is 0 Å². The number of rotatable bonds is 3. The van der Waals surface area contributed by atoms with E-state index in [0.29, 0.717) is 17.8 Å². The quantitative estimate of drug-likeness (QED) is 0.647. The molecule has 1 aliphatic carbocycles. The zero-order chi connectivity index (χ0) is 22.6. The highest BCUT2D eigenvalue weighted by molar-refractivity contribution is 6.01. The molecule has 0 saturated carbocycles. The van der Waals surface area contributed by atoms with Crippen molar-refractivity contribution >= 4 is 17.3 Å². The molecule has 2 N–H and O–H groups in total. The normalized spacial score (nSPS) is 19.2. The maximum Gasteiger partial charge on any atom is 0.277 e. The monoisotopic (exact) mass is 428 g/mol. The third-order valence-corrected chi connectivity index (χ3v) is 6.46. The van der Waals surface area contributed by atoms with Gasteiger partial charge in [-0.2, -0.15) is 0 Å². The molecule has 0 saturated heterocycles. The zero-order valence-corrected chi connectivity index (χ0v) is 18.9. The van der Waals surface area contributed by atoms with Gasteiger partial charge in [0.25, 0.3) is 5.56 Å². The van der Waals surface area contributed by atoms with Crippen molar-refractivity contribution in [3.63, 3.8) is 0 Å². The highest BCUT2D eigenvalue weighted by Crippen LogP contribution is 2.47. The van der Waals surface area contributed by atoms with E-state index in [9.17, 15) is 9.59 Å². The fourth-order valence-corrected chi connectivity index (χ4v) is 4.95. The summed E-state index contributed by atoms with van der Waals surface area (Å²) in [5, 5.41) is 6.68. The number of nitrogens with one attached hydrogen (secondary N) is 2. The van der Waals surface area contributed by atoms with E-state index in [1.165, 1.54) is 0 Å². The summed E-state index contributed by atoms with van der Waals surface area (Å²) in [6.07, 6.45) is 1.24. The highest BCUT2D eigenvalue weighted by Gasteiger charge is 2.42. The molecule has 6 heteroatoms. The van der Waals surface area contributed by atoms with Crippen LogP contribution in [0.3, 0.4) is 0 Å². The fraction of sp³-hybridized carbons (Fsp3) is 0.308. The Kier molecular flexibility index (Phi) is 4.62. The van der Waals surface area contributed by atoms with Crippen LogP contribution in [0.1, 0.15) is 43.7 Å². The Morgan fingerprint density at radius 3 is 2.31 bits per heavy atom. The van der Waals surface area contributed by atoms with Gasteiger partial charge in [-0.25, -0.2) is 4.68 Å². The molecule has 0 amide bonds. The number of aromatic amines is 1. The summed E-state index contributed by atoms with van der Waals surface area (Å²) in [7, 11) is 3.99. The molecule has 6 nitrogen and oxygen atoms in total. The minimum Gasteiger partial charge on any atom is -0.378 e. The number of ketones is 1. The second-order valence-electron chi connectivity index (χ2n) is 9.75. The molecule has 0 spiro atoms. The van der Waals surface area contributed by atoms with E-state index in [0.717, 1.165) is 34.6 Å². The molecule has 1 unspecified atom stereocenters. The molecule has 164 valence electrons. The van der Waals surface area contributed by atoms with Gasteiger partial charge in [0, 0.05) is 43.4 Å². The Morgan fingerprint density at radius 2 is 1.66 bits per heavy atom. The molecule has 2 aliphatic rings. The van der Waals surface area contributed by atoms with Crippen molar-refractivity contribution < 1.29 is 4.79 Å². The number of fused-ring (bicyclic) bond motifs is 1. The number of Topliss-reactive ketones (excluding diaryl/α,β-unsaturated/α-hetero) is 1. The summed E-state index contributed by atoms with van der Waals surface area (Å²) in [4.78, 5) is 29.0. The summed E-state index contributed by atoms with van der Waals surface area (Å²) in [6, 6.07) is 17.7. The maximum absolute atomic E-state index is 13.6. The number of allylic oxidation sites excluding steroid dienone is 2. The van der Waals surface area contributed by atoms with Crippen LogP contribution in [0, 0.1) is 5.41 Å². The van der Waals surface area contributed by atoms with Gasteiger partial charge in [0.1, 0.15) is 5.82 Å². The van der Waals surface area contributed by atoms with Gasteiger partial charge in [0.15, 0.2) is 5.78 Å². The maximum atomic E-state index is 13.6. The smallest absolute Gasteiger partial charge is 0.277 e. The number of H-pyrrole nitrogens is 1. The molecular weight excluding hydrogens is 400 g/mol. The number of para-hydroxylation sites is 1. The standard InChI is InChI=1S/C26H28N4O2/c1-26(2)14-19-22(20(31)15-26)21(16-10-12-17(13-11-16)29(3)4)23-24(27-19)28-30(25(23)32)18-8-6-5-7-9-18/h5-13,21,27-28H,14-15H2,1-4H3. The summed E-state index contributed by atoms with van der Waals surface area (Å²) in [5.41, 5.74) is 4.77. The number of nitrogens with zero attached hydrogens (tertiary/aromatic N) is 2. The second-order valence-corrected chi connectivity index (χ2v) is 9.75. The van der Waals surface area contributed by atoms with Crippen LogP contribution in [0.15, 0.2) is 70.7 Å². The minimum atomic E-state index is -0.394. The molecule has 0 radical (unpaired) electrons.